The molecule has 18 heavy (non-hydrogen) atoms. The maximum absolute atomic E-state index is 12.2. The Kier molecular flexibility index (Phi) is 3.16. The Morgan fingerprint density at radius 2 is 2.28 bits per heavy atom. The molecule has 1 amide bonds. The molecule has 2 bridgehead atoms. The quantitative estimate of drug-likeness (QED) is 0.912. The van der Waals surface area contributed by atoms with Crippen molar-refractivity contribution >= 4 is 21.8 Å². The summed E-state index contributed by atoms with van der Waals surface area (Å²) in [5, 5.41) is 3.09. The van der Waals surface area contributed by atoms with E-state index in [1.165, 1.54) is 0 Å². The third kappa shape index (κ3) is 2.19. The molecule has 1 aromatic carbocycles. The average Bonchev–Trinajstić information content (AvgIpc) is 2.94. The first-order valence-corrected chi connectivity index (χ1v) is 7.15. The molecule has 2 aliphatic heterocycles. The third-order valence-electron chi connectivity index (χ3n) is 3.86. The molecule has 0 spiro atoms. The minimum Gasteiger partial charge on any atom is -0.373 e. The molecule has 0 radical (unpaired) electrons. The molecule has 3 atom stereocenters. The molecule has 0 aromatic heterocycles. The average molecular weight is 310 g/mol. The van der Waals surface area contributed by atoms with Crippen molar-refractivity contribution in [2.75, 3.05) is 0 Å². The van der Waals surface area contributed by atoms with Crippen LogP contribution in [-0.2, 0) is 4.74 Å². The molecule has 3 unspecified atom stereocenters. The monoisotopic (exact) mass is 309 g/mol. The molecule has 0 aliphatic carbocycles. The maximum Gasteiger partial charge on any atom is 0.251 e. The number of rotatable bonds is 2. The van der Waals surface area contributed by atoms with Crippen molar-refractivity contribution in [3.8, 4) is 0 Å². The number of ether oxygens (including phenoxy) is 1. The highest BCUT2D eigenvalue weighted by Crippen LogP contribution is 2.34. The van der Waals surface area contributed by atoms with E-state index >= 15 is 0 Å². The van der Waals surface area contributed by atoms with Crippen LogP contribution >= 0.6 is 15.9 Å². The highest BCUT2D eigenvalue weighted by Gasteiger charge is 2.41. The lowest BCUT2D eigenvalue weighted by Gasteiger charge is -2.20. The number of carbonyl (C=O) groups excluding carboxylic acids is 1. The summed E-state index contributed by atoms with van der Waals surface area (Å²) in [6, 6.07) is 5.88. The number of carbonyl (C=O) groups is 1. The van der Waals surface area contributed by atoms with E-state index in [9.17, 15) is 4.79 Å². The van der Waals surface area contributed by atoms with E-state index in [1.54, 1.807) is 0 Å². The van der Waals surface area contributed by atoms with Crippen LogP contribution in [0.2, 0.25) is 0 Å². The van der Waals surface area contributed by atoms with E-state index < -0.39 is 0 Å². The van der Waals surface area contributed by atoms with Gasteiger partial charge in [0.15, 0.2) is 0 Å². The molecule has 2 fully saturated rings. The summed E-state index contributed by atoms with van der Waals surface area (Å²) in [4.78, 5) is 12.2. The van der Waals surface area contributed by atoms with Crippen LogP contribution in [0.4, 0.5) is 0 Å². The van der Waals surface area contributed by atoms with Crippen molar-refractivity contribution in [3.05, 3.63) is 33.8 Å². The summed E-state index contributed by atoms with van der Waals surface area (Å²) < 4.78 is 6.71. The minimum absolute atomic E-state index is 0.00292. The number of amides is 1. The molecular formula is C14H16BrNO2. The van der Waals surface area contributed by atoms with Gasteiger partial charge in [-0.25, -0.2) is 0 Å². The lowest BCUT2D eigenvalue weighted by Crippen LogP contribution is -2.41. The van der Waals surface area contributed by atoms with Crippen molar-refractivity contribution in [2.24, 2.45) is 0 Å². The Morgan fingerprint density at radius 3 is 2.89 bits per heavy atom. The molecule has 1 aromatic rings. The van der Waals surface area contributed by atoms with Crippen LogP contribution in [0.25, 0.3) is 0 Å². The molecule has 4 heteroatoms. The van der Waals surface area contributed by atoms with E-state index in [0.29, 0.717) is 11.7 Å². The first kappa shape index (κ1) is 12.2. The van der Waals surface area contributed by atoms with Gasteiger partial charge in [0, 0.05) is 10.0 Å². The van der Waals surface area contributed by atoms with Gasteiger partial charge in [0.1, 0.15) is 0 Å². The highest BCUT2D eigenvalue weighted by atomic mass is 79.9. The second-order valence-corrected chi connectivity index (χ2v) is 6.01. The Morgan fingerprint density at radius 1 is 1.44 bits per heavy atom. The summed E-state index contributed by atoms with van der Waals surface area (Å²) >= 11 is 3.45. The van der Waals surface area contributed by atoms with Crippen LogP contribution in [0.1, 0.15) is 35.2 Å². The van der Waals surface area contributed by atoms with Crippen LogP contribution in [0.15, 0.2) is 22.7 Å². The molecule has 96 valence electrons. The molecule has 3 nitrogen and oxygen atoms in total. The minimum atomic E-state index is -0.00292. The summed E-state index contributed by atoms with van der Waals surface area (Å²) in [5.74, 6) is -0.00292. The topological polar surface area (TPSA) is 38.3 Å². The summed E-state index contributed by atoms with van der Waals surface area (Å²) in [6.07, 6.45) is 3.78. The Labute approximate surface area is 115 Å². The van der Waals surface area contributed by atoms with Gasteiger partial charge in [0.05, 0.1) is 18.2 Å². The van der Waals surface area contributed by atoms with Crippen LogP contribution in [-0.4, -0.2) is 24.2 Å². The van der Waals surface area contributed by atoms with Gasteiger partial charge in [-0.1, -0.05) is 22.0 Å². The maximum atomic E-state index is 12.2. The number of hydrogen-bond donors (Lipinski definition) is 1. The van der Waals surface area contributed by atoms with Crippen LogP contribution < -0.4 is 5.32 Å². The van der Waals surface area contributed by atoms with Crippen molar-refractivity contribution in [3.63, 3.8) is 0 Å². The molecule has 2 heterocycles. The lowest BCUT2D eigenvalue weighted by atomic mass is 9.95. The predicted molar refractivity (Wildman–Crippen MR) is 72.6 cm³/mol. The predicted octanol–water partition coefficient (Wildman–Crippen LogP) is 2.81. The number of nitrogens with one attached hydrogen (secondary N) is 1. The number of hydrogen-bond acceptors (Lipinski definition) is 2. The van der Waals surface area contributed by atoms with Gasteiger partial charge in [-0.15, -0.1) is 0 Å². The second kappa shape index (κ2) is 4.67. The fourth-order valence-corrected chi connectivity index (χ4v) is 3.15. The lowest BCUT2D eigenvalue weighted by molar-refractivity contribution is 0.0841. The first-order valence-electron chi connectivity index (χ1n) is 6.36. The zero-order chi connectivity index (χ0) is 12.7. The molecule has 3 rings (SSSR count). The van der Waals surface area contributed by atoms with E-state index in [0.717, 1.165) is 29.3 Å². The van der Waals surface area contributed by atoms with Crippen LogP contribution in [0.3, 0.4) is 0 Å². The number of benzene rings is 1. The second-order valence-electron chi connectivity index (χ2n) is 5.15. The Hall–Kier alpha value is -0.870. The number of halogens is 1. The van der Waals surface area contributed by atoms with E-state index in [4.69, 9.17) is 4.74 Å². The van der Waals surface area contributed by atoms with Crippen LogP contribution in [0.5, 0.6) is 0 Å². The van der Waals surface area contributed by atoms with Crippen molar-refractivity contribution in [2.45, 2.75) is 44.4 Å². The Bertz CT molecular complexity index is 489. The van der Waals surface area contributed by atoms with Crippen molar-refractivity contribution in [1.82, 2.24) is 5.32 Å². The van der Waals surface area contributed by atoms with Gasteiger partial charge in [-0.05, 0) is 43.9 Å². The van der Waals surface area contributed by atoms with Gasteiger partial charge in [-0.2, -0.15) is 0 Å². The van der Waals surface area contributed by atoms with Crippen molar-refractivity contribution in [1.29, 1.82) is 0 Å². The van der Waals surface area contributed by atoms with Crippen molar-refractivity contribution < 1.29 is 9.53 Å². The molecule has 0 saturated carbocycles. The van der Waals surface area contributed by atoms with E-state index in [1.807, 2.05) is 25.1 Å². The summed E-state index contributed by atoms with van der Waals surface area (Å²) in [6.45, 7) is 2.01. The first-order chi connectivity index (χ1) is 8.63. The summed E-state index contributed by atoms with van der Waals surface area (Å²) in [7, 11) is 0. The van der Waals surface area contributed by atoms with E-state index in [2.05, 4.69) is 21.2 Å². The smallest absolute Gasteiger partial charge is 0.251 e. The SMILES string of the molecule is Cc1ccc(C(=O)NC2CC3CCC2O3)cc1Br. The zero-order valence-corrected chi connectivity index (χ0v) is 11.9. The fourth-order valence-electron chi connectivity index (χ4n) is 2.78. The molecular weight excluding hydrogens is 294 g/mol. The number of aryl methyl sites for hydroxylation is 1. The van der Waals surface area contributed by atoms with Gasteiger partial charge < -0.3 is 10.1 Å². The molecule has 2 aliphatic rings. The molecule has 2 saturated heterocycles. The Balaban J connectivity index is 1.69. The molecule has 1 N–H and O–H groups in total. The third-order valence-corrected chi connectivity index (χ3v) is 4.71. The van der Waals surface area contributed by atoms with Gasteiger partial charge in [-0.3, -0.25) is 4.79 Å². The van der Waals surface area contributed by atoms with Gasteiger partial charge >= 0.3 is 0 Å². The zero-order valence-electron chi connectivity index (χ0n) is 10.3. The number of fused-ring (bicyclic) bond motifs is 2. The van der Waals surface area contributed by atoms with E-state index in [-0.39, 0.29) is 18.1 Å². The van der Waals surface area contributed by atoms with Gasteiger partial charge in [0.2, 0.25) is 0 Å². The van der Waals surface area contributed by atoms with Gasteiger partial charge in [0.25, 0.3) is 5.91 Å². The largest absolute Gasteiger partial charge is 0.373 e. The highest BCUT2D eigenvalue weighted by molar-refractivity contribution is 9.10. The normalized spacial score (nSPS) is 29.6. The standard InChI is InChI=1S/C14H16BrNO2/c1-8-2-3-9(6-11(8)15)14(17)16-12-7-10-4-5-13(12)18-10/h2-3,6,10,12-13H,4-5,7H2,1H3,(H,16,17). The summed E-state index contributed by atoms with van der Waals surface area (Å²) in [5.41, 5.74) is 1.84. The fraction of sp³-hybridized carbons (Fsp3) is 0.500. The van der Waals surface area contributed by atoms with Crippen LogP contribution in [0, 0.1) is 6.92 Å².